The van der Waals surface area contributed by atoms with E-state index in [0.717, 1.165) is 6.42 Å². The van der Waals surface area contributed by atoms with E-state index in [1.165, 1.54) is 96.3 Å². The molecule has 0 amide bonds. The minimum absolute atomic E-state index is 0.187. The normalized spacial score (nSPS) is 12.5. The molecule has 0 saturated carbocycles. The first-order valence-electron chi connectivity index (χ1n) is 10.2. The quantitative estimate of drug-likeness (QED) is 0.187. The summed E-state index contributed by atoms with van der Waals surface area (Å²) in [6.45, 7) is 6.37. The molecule has 23 heavy (non-hydrogen) atoms. The Kier molecular flexibility index (Phi) is 17.2. The van der Waals surface area contributed by atoms with Crippen LogP contribution in [0.2, 0.25) is 0 Å². The minimum Gasteiger partial charge on any atom is -0.326 e. The fourth-order valence-corrected chi connectivity index (χ4v) is 3.49. The number of hydrogen-bond acceptors (Lipinski definition) is 2. The highest BCUT2D eigenvalue weighted by molar-refractivity contribution is 7.17. The molecule has 1 unspecified atom stereocenters. The lowest BCUT2D eigenvalue weighted by atomic mass is 9.99. The van der Waals surface area contributed by atoms with Gasteiger partial charge in [0.05, 0.1) is 5.60 Å². The summed E-state index contributed by atoms with van der Waals surface area (Å²) in [6.07, 6.45) is 22.0. The zero-order chi connectivity index (χ0) is 17.2. The second-order valence-electron chi connectivity index (χ2n) is 7.67. The van der Waals surface area contributed by atoms with Gasteiger partial charge < -0.3 is 4.52 Å². The van der Waals surface area contributed by atoms with Crippen molar-refractivity contribution in [1.29, 1.82) is 0 Å². The molecule has 0 heterocycles. The van der Waals surface area contributed by atoms with Gasteiger partial charge in [0.1, 0.15) is 0 Å². The van der Waals surface area contributed by atoms with E-state index in [2.05, 4.69) is 6.92 Å². The second kappa shape index (κ2) is 17.0. The maximum Gasteiger partial charge on any atom is 0.180 e. The third-order valence-electron chi connectivity index (χ3n) is 4.75. The van der Waals surface area contributed by atoms with Crippen molar-refractivity contribution in [2.24, 2.45) is 0 Å². The first kappa shape index (κ1) is 23.2. The van der Waals surface area contributed by atoms with E-state index in [1.54, 1.807) is 0 Å². The molecule has 2 nitrogen and oxygen atoms in total. The highest BCUT2D eigenvalue weighted by Gasteiger charge is 2.16. The van der Waals surface area contributed by atoms with Crippen LogP contribution in [-0.4, -0.2) is 5.60 Å². The summed E-state index contributed by atoms with van der Waals surface area (Å²) < 4.78 is 15.8. The molecule has 0 aliphatic heterocycles. The van der Waals surface area contributed by atoms with Gasteiger partial charge in [0.15, 0.2) is 8.69 Å². The molecule has 0 saturated heterocycles. The smallest absolute Gasteiger partial charge is 0.180 e. The van der Waals surface area contributed by atoms with Gasteiger partial charge in [-0.3, -0.25) is 4.57 Å². The molecule has 140 valence electrons. The van der Waals surface area contributed by atoms with Crippen molar-refractivity contribution in [2.45, 2.75) is 129 Å². The third kappa shape index (κ3) is 18.4. The average molecular weight is 347 g/mol. The molecule has 0 spiro atoms. The lowest BCUT2D eigenvalue weighted by Crippen LogP contribution is -2.19. The third-order valence-corrected chi connectivity index (χ3v) is 5.48. The molecule has 0 aliphatic rings. The van der Waals surface area contributed by atoms with Crippen molar-refractivity contribution in [1.82, 2.24) is 0 Å². The van der Waals surface area contributed by atoms with Gasteiger partial charge in [-0.05, 0) is 20.3 Å². The number of hydrogen-bond donors (Lipinski definition) is 0. The molecule has 0 fully saturated rings. The molecule has 0 bridgehead atoms. The SMILES string of the molecule is CCCCCCCCCCCCCCCCCC(C)(C)O[PH2]=O. The zero-order valence-electron chi connectivity index (χ0n) is 16.2. The van der Waals surface area contributed by atoms with Gasteiger partial charge in [-0.15, -0.1) is 0 Å². The summed E-state index contributed by atoms with van der Waals surface area (Å²) >= 11 is 0. The Morgan fingerprint density at radius 3 is 1.35 bits per heavy atom. The molecule has 3 heteroatoms. The second-order valence-corrected chi connectivity index (χ2v) is 8.10. The van der Waals surface area contributed by atoms with Crippen molar-refractivity contribution < 1.29 is 9.09 Å². The van der Waals surface area contributed by atoms with Crippen LogP contribution in [0.3, 0.4) is 0 Å². The van der Waals surface area contributed by atoms with Gasteiger partial charge in [0, 0.05) is 0 Å². The van der Waals surface area contributed by atoms with Gasteiger partial charge in [-0.2, -0.15) is 0 Å². The van der Waals surface area contributed by atoms with E-state index in [4.69, 9.17) is 4.52 Å². The Balaban J connectivity index is 3.12. The highest BCUT2D eigenvalue weighted by atomic mass is 31.1. The predicted octanol–water partition coefficient (Wildman–Crippen LogP) is 7.71. The van der Waals surface area contributed by atoms with E-state index in [9.17, 15) is 4.57 Å². The monoisotopic (exact) mass is 346 g/mol. The van der Waals surface area contributed by atoms with E-state index in [-0.39, 0.29) is 5.60 Å². The van der Waals surface area contributed by atoms with Crippen LogP contribution in [0.4, 0.5) is 0 Å². The Hall–Kier alpha value is 0.190. The summed E-state index contributed by atoms with van der Waals surface area (Å²) in [5.74, 6) is 0. The fourth-order valence-electron chi connectivity index (χ4n) is 3.11. The van der Waals surface area contributed by atoms with Crippen LogP contribution in [0.25, 0.3) is 0 Å². The molecule has 0 aliphatic carbocycles. The van der Waals surface area contributed by atoms with Crippen molar-refractivity contribution in [3.8, 4) is 0 Å². The topological polar surface area (TPSA) is 26.3 Å². The Bertz CT molecular complexity index is 254. The van der Waals surface area contributed by atoms with Crippen LogP contribution in [-0.2, 0) is 9.09 Å². The van der Waals surface area contributed by atoms with Crippen LogP contribution in [0.5, 0.6) is 0 Å². The van der Waals surface area contributed by atoms with Crippen LogP contribution in [0, 0.1) is 0 Å². The van der Waals surface area contributed by atoms with Gasteiger partial charge in [0.2, 0.25) is 0 Å². The summed E-state index contributed by atoms with van der Waals surface area (Å²) in [5.41, 5.74) is -0.187. The zero-order valence-corrected chi connectivity index (χ0v) is 17.4. The molecule has 0 N–H and O–H groups in total. The summed E-state index contributed by atoms with van der Waals surface area (Å²) in [6, 6.07) is 0. The van der Waals surface area contributed by atoms with Crippen molar-refractivity contribution in [2.75, 3.05) is 0 Å². The minimum atomic E-state index is -1.07. The maximum absolute atomic E-state index is 10.6. The molecule has 0 rings (SSSR count). The lowest BCUT2D eigenvalue weighted by Gasteiger charge is -2.21. The first-order chi connectivity index (χ1) is 11.1. The highest BCUT2D eigenvalue weighted by Crippen LogP contribution is 2.23. The van der Waals surface area contributed by atoms with Gasteiger partial charge in [-0.25, -0.2) is 0 Å². The maximum atomic E-state index is 10.6. The van der Waals surface area contributed by atoms with Crippen molar-refractivity contribution in [3.05, 3.63) is 0 Å². The first-order valence-corrected chi connectivity index (χ1v) is 11.2. The summed E-state index contributed by atoms with van der Waals surface area (Å²) in [5, 5.41) is 0. The Morgan fingerprint density at radius 1 is 0.652 bits per heavy atom. The average Bonchev–Trinajstić information content (AvgIpc) is 2.51. The van der Waals surface area contributed by atoms with Crippen LogP contribution in [0.15, 0.2) is 0 Å². The molecular formula is C20H43O2P. The van der Waals surface area contributed by atoms with Crippen LogP contribution >= 0.6 is 8.69 Å². The van der Waals surface area contributed by atoms with E-state index in [1.807, 2.05) is 13.8 Å². The molecule has 0 aromatic rings. The summed E-state index contributed by atoms with van der Waals surface area (Å²) in [7, 11) is -1.07. The lowest BCUT2D eigenvalue weighted by molar-refractivity contribution is 0.113. The van der Waals surface area contributed by atoms with E-state index >= 15 is 0 Å². The molecule has 0 radical (unpaired) electrons. The van der Waals surface area contributed by atoms with E-state index < -0.39 is 8.69 Å². The number of unbranched alkanes of at least 4 members (excludes halogenated alkanes) is 14. The predicted molar refractivity (Wildman–Crippen MR) is 105 cm³/mol. The van der Waals surface area contributed by atoms with Crippen molar-refractivity contribution in [3.63, 3.8) is 0 Å². The van der Waals surface area contributed by atoms with Crippen LogP contribution < -0.4 is 0 Å². The van der Waals surface area contributed by atoms with E-state index in [0.29, 0.717) is 0 Å². The van der Waals surface area contributed by atoms with Crippen LogP contribution in [0.1, 0.15) is 124 Å². The van der Waals surface area contributed by atoms with Gasteiger partial charge in [-0.1, -0.05) is 103 Å². The van der Waals surface area contributed by atoms with Gasteiger partial charge in [0.25, 0.3) is 0 Å². The summed E-state index contributed by atoms with van der Waals surface area (Å²) in [4.78, 5) is 0. The van der Waals surface area contributed by atoms with Crippen molar-refractivity contribution >= 4 is 8.69 Å². The molecule has 1 atom stereocenters. The van der Waals surface area contributed by atoms with Gasteiger partial charge >= 0.3 is 0 Å². The fraction of sp³-hybridized carbons (Fsp3) is 1.00. The Morgan fingerprint density at radius 2 is 1.00 bits per heavy atom. The number of rotatable bonds is 18. The molecule has 0 aromatic carbocycles. The standard InChI is InChI=1S/C20H43O2P/c1-4-5-6-7-8-9-10-11-12-13-14-15-16-17-18-19-20(2,3)22-23-21/h4-19,23H2,1-3H3. The Labute approximate surface area is 147 Å². The molecule has 0 aromatic heterocycles. The molecular weight excluding hydrogens is 303 g/mol. The largest absolute Gasteiger partial charge is 0.326 e.